The van der Waals surface area contributed by atoms with Gasteiger partial charge in [-0.1, -0.05) is 19.0 Å². The molecular weight excluding hydrogens is 308 g/mol. The number of hydrogen-bond donors (Lipinski definition) is 1. The molecule has 0 aliphatic carbocycles. The van der Waals surface area contributed by atoms with E-state index in [9.17, 15) is 0 Å². The third-order valence-corrected chi connectivity index (χ3v) is 3.96. The molecule has 0 saturated carbocycles. The molecule has 1 N–H and O–H groups in total. The Morgan fingerprint density at radius 2 is 1.96 bits per heavy atom. The van der Waals surface area contributed by atoms with Gasteiger partial charge in [-0.2, -0.15) is 9.97 Å². The molecule has 1 aliphatic rings. The van der Waals surface area contributed by atoms with Crippen molar-refractivity contribution in [3.8, 4) is 0 Å². The van der Waals surface area contributed by atoms with E-state index in [2.05, 4.69) is 37.2 Å². The van der Waals surface area contributed by atoms with Crippen LogP contribution in [0.25, 0.3) is 0 Å². The largest absolute Gasteiger partial charge is 0.378 e. The maximum atomic E-state index is 5.40. The lowest BCUT2D eigenvalue weighted by atomic mass is 10.3. The van der Waals surface area contributed by atoms with Crippen molar-refractivity contribution in [1.29, 1.82) is 0 Å². The van der Waals surface area contributed by atoms with Crippen LogP contribution < -0.4 is 10.2 Å². The highest BCUT2D eigenvalue weighted by Crippen LogP contribution is 2.20. The van der Waals surface area contributed by atoms with Crippen LogP contribution in [0.5, 0.6) is 0 Å². The van der Waals surface area contributed by atoms with Gasteiger partial charge >= 0.3 is 0 Å². The highest BCUT2D eigenvalue weighted by molar-refractivity contribution is 5.45. The van der Waals surface area contributed by atoms with Gasteiger partial charge in [0.15, 0.2) is 5.82 Å². The van der Waals surface area contributed by atoms with Crippen LogP contribution in [0.3, 0.4) is 0 Å². The molecule has 2 aromatic rings. The number of rotatable bonds is 6. The van der Waals surface area contributed by atoms with Crippen LogP contribution in [-0.4, -0.2) is 46.4 Å². The number of anilines is 2. The second kappa shape index (κ2) is 7.57. The quantitative estimate of drug-likeness (QED) is 0.859. The third-order valence-electron chi connectivity index (χ3n) is 3.96. The number of aromatic nitrogens is 4. The number of nitrogens with zero attached hydrogens (tertiary/aromatic N) is 5. The zero-order valence-corrected chi connectivity index (χ0v) is 14.4. The number of hydrogen-bond acceptors (Lipinski definition) is 8. The summed E-state index contributed by atoms with van der Waals surface area (Å²) in [5.41, 5.74) is 1.00. The molecule has 3 rings (SSSR count). The first-order chi connectivity index (χ1) is 11.7. The SMILES string of the molecule is CCc1cc(NC(C)c2nc(CC)no2)nc(N2CCOCC2)n1. The van der Waals surface area contributed by atoms with Gasteiger partial charge in [0.1, 0.15) is 11.9 Å². The Morgan fingerprint density at radius 1 is 1.17 bits per heavy atom. The standard InChI is InChI=1S/C16H24N6O2/c1-4-12-10-14(17-11(3)15-19-13(5-2)21-24-15)20-16(18-12)22-6-8-23-9-7-22/h10-11H,4-9H2,1-3H3,(H,17,18,20). The smallest absolute Gasteiger partial charge is 0.248 e. The number of nitrogens with one attached hydrogen (secondary N) is 1. The lowest BCUT2D eigenvalue weighted by Gasteiger charge is -2.27. The van der Waals surface area contributed by atoms with E-state index in [4.69, 9.17) is 9.26 Å². The fraction of sp³-hybridized carbons (Fsp3) is 0.625. The molecule has 0 bridgehead atoms. The lowest BCUT2D eigenvalue weighted by molar-refractivity contribution is 0.122. The number of ether oxygens (including phenoxy) is 1. The topological polar surface area (TPSA) is 89.2 Å². The van der Waals surface area contributed by atoms with Gasteiger partial charge in [0, 0.05) is 31.3 Å². The lowest BCUT2D eigenvalue weighted by Crippen LogP contribution is -2.37. The molecule has 2 aromatic heterocycles. The molecule has 0 aromatic carbocycles. The summed E-state index contributed by atoms with van der Waals surface area (Å²) in [4.78, 5) is 15.8. The average molecular weight is 332 g/mol. The minimum atomic E-state index is -0.116. The Kier molecular flexibility index (Phi) is 5.24. The van der Waals surface area contributed by atoms with Crippen LogP contribution in [0.15, 0.2) is 10.6 Å². The highest BCUT2D eigenvalue weighted by Gasteiger charge is 2.18. The second-order valence-corrected chi connectivity index (χ2v) is 5.77. The van der Waals surface area contributed by atoms with Crippen LogP contribution in [0, 0.1) is 0 Å². The van der Waals surface area contributed by atoms with Crippen LogP contribution in [0.1, 0.15) is 44.2 Å². The molecule has 1 atom stereocenters. The summed E-state index contributed by atoms with van der Waals surface area (Å²) >= 11 is 0. The molecule has 8 nitrogen and oxygen atoms in total. The van der Waals surface area contributed by atoms with Crippen molar-refractivity contribution in [2.45, 2.75) is 39.7 Å². The summed E-state index contributed by atoms with van der Waals surface area (Å²) < 4.78 is 10.7. The van der Waals surface area contributed by atoms with Crippen molar-refractivity contribution in [3.05, 3.63) is 23.5 Å². The van der Waals surface area contributed by atoms with Crippen molar-refractivity contribution >= 4 is 11.8 Å². The van der Waals surface area contributed by atoms with E-state index in [0.717, 1.165) is 43.4 Å². The van der Waals surface area contributed by atoms with E-state index in [1.54, 1.807) is 0 Å². The van der Waals surface area contributed by atoms with E-state index in [-0.39, 0.29) is 6.04 Å². The van der Waals surface area contributed by atoms with Crippen LogP contribution in [0.4, 0.5) is 11.8 Å². The van der Waals surface area contributed by atoms with Gasteiger partial charge in [0.2, 0.25) is 11.8 Å². The van der Waals surface area contributed by atoms with Gasteiger partial charge < -0.3 is 19.5 Å². The van der Waals surface area contributed by atoms with E-state index >= 15 is 0 Å². The van der Waals surface area contributed by atoms with Gasteiger partial charge in [0.25, 0.3) is 0 Å². The fourth-order valence-electron chi connectivity index (χ4n) is 2.51. The summed E-state index contributed by atoms with van der Waals surface area (Å²) in [6, 6.07) is 1.85. The predicted molar refractivity (Wildman–Crippen MR) is 90.2 cm³/mol. The van der Waals surface area contributed by atoms with E-state index in [0.29, 0.717) is 24.9 Å². The van der Waals surface area contributed by atoms with Crippen LogP contribution >= 0.6 is 0 Å². The Morgan fingerprint density at radius 3 is 2.62 bits per heavy atom. The summed E-state index contributed by atoms with van der Waals surface area (Å²) in [6.45, 7) is 9.11. The highest BCUT2D eigenvalue weighted by atomic mass is 16.5. The molecule has 0 spiro atoms. The Hall–Kier alpha value is -2.22. The summed E-state index contributed by atoms with van der Waals surface area (Å²) in [5.74, 6) is 2.79. The van der Waals surface area contributed by atoms with Gasteiger partial charge in [0.05, 0.1) is 13.2 Å². The zero-order chi connectivity index (χ0) is 16.9. The minimum Gasteiger partial charge on any atom is -0.378 e. The maximum absolute atomic E-state index is 5.40. The Bertz CT molecular complexity index is 668. The molecule has 0 amide bonds. The van der Waals surface area contributed by atoms with Crippen molar-refractivity contribution < 1.29 is 9.26 Å². The van der Waals surface area contributed by atoms with Crippen LogP contribution in [0.2, 0.25) is 0 Å². The number of morpholine rings is 1. The van der Waals surface area contributed by atoms with E-state index in [1.807, 2.05) is 19.9 Å². The molecule has 1 aliphatic heterocycles. The summed E-state index contributed by atoms with van der Waals surface area (Å²) in [6.07, 6.45) is 1.61. The molecule has 1 fully saturated rings. The molecule has 0 radical (unpaired) electrons. The predicted octanol–water partition coefficient (Wildman–Crippen LogP) is 1.99. The number of aryl methyl sites for hydroxylation is 2. The first-order valence-electron chi connectivity index (χ1n) is 8.49. The molecule has 130 valence electrons. The normalized spacial score (nSPS) is 16.2. The van der Waals surface area contributed by atoms with Gasteiger partial charge in [-0.15, -0.1) is 0 Å². The first kappa shape index (κ1) is 16.6. The van der Waals surface area contributed by atoms with Gasteiger partial charge in [-0.05, 0) is 13.3 Å². The Balaban J connectivity index is 1.78. The summed E-state index contributed by atoms with van der Waals surface area (Å²) in [7, 11) is 0. The van der Waals surface area contributed by atoms with Crippen molar-refractivity contribution in [2.24, 2.45) is 0 Å². The molecule has 3 heterocycles. The molecule has 1 saturated heterocycles. The molecule has 24 heavy (non-hydrogen) atoms. The average Bonchev–Trinajstić information content (AvgIpc) is 3.11. The monoisotopic (exact) mass is 332 g/mol. The molecule has 1 unspecified atom stereocenters. The van der Waals surface area contributed by atoms with E-state index in [1.165, 1.54) is 0 Å². The van der Waals surface area contributed by atoms with Crippen molar-refractivity contribution in [1.82, 2.24) is 20.1 Å². The minimum absolute atomic E-state index is 0.116. The third kappa shape index (κ3) is 3.81. The maximum Gasteiger partial charge on any atom is 0.248 e. The summed E-state index contributed by atoms with van der Waals surface area (Å²) in [5, 5.41) is 7.29. The fourth-order valence-corrected chi connectivity index (χ4v) is 2.51. The second-order valence-electron chi connectivity index (χ2n) is 5.77. The van der Waals surface area contributed by atoms with Gasteiger partial charge in [-0.3, -0.25) is 0 Å². The Labute approximate surface area is 141 Å². The zero-order valence-electron chi connectivity index (χ0n) is 14.4. The van der Waals surface area contributed by atoms with Crippen molar-refractivity contribution in [3.63, 3.8) is 0 Å². The van der Waals surface area contributed by atoms with Crippen LogP contribution in [-0.2, 0) is 17.6 Å². The van der Waals surface area contributed by atoms with Gasteiger partial charge in [-0.25, -0.2) is 4.98 Å². The van der Waals surface area contributed by atoms with Crippen molar-refractivity contribution in [2.75, 3.05) is 36.5 Å². The molecular formula is C16H24N6O2. The first-order valence-corrected chi connectivity index (χ1v) is 8.49. The molecule has 8 heteroatoms. The van der Waals surface area contributed by atoms with E-state index < -0.39 is 0 Å².